The van der Waals surface area contributed by atoms with Crippen molar-refractivity contribution >= 4 is 17.7 Å². The fraction of sp³-hybridized carbons (Fsp3) is 0.738. The van der Waals surface area contributed by atoms with Crippen LogP contribution in [0, 0.1) is 56.2 Å². The Balaban J connectivity index is 1.18. The lowest BCUT2D eigenvalue weighted by Gasteiger charge is -2.72. The van der Waals surface area contributed by atoms with Crippen LogP contribution in [0.2, 0.25) is 0 Å². The second-order valence-corrected chi connectivity index (χ2v) is 19.3. The minimum atomic E-state index is -1.16. The lowest BCUT2D eigenvalue weighted by molar-refractivity contribution is -0.233. The molecule has 0 aliphatic heterocycles. The van der Waals surface area contributed by atoms with Crippen LogP contribution in [0.3, 0.4) is 0 Å². The number of hydrogen-bond acceptors (Lipinski definition) is 8. The summed E-state index contributed by atoms with van der Waals surface area (Å²) in [5, 5.41) is 18.4. The van der Waals surface area contributed by atoms with Gasteiger partial charge in [0, 0.05) is 23.7 Å². The molecule has 0 aromatic carbocycles. The summed E-state index contributed by atoms with van der Waals surface area (Å²) in [6.07, 6.45) is 10.4. The summed E-state index contributed by atoms with van der Waals surface area (Å²) in [4.78, 5) is 38.9. The third kappa shape index (κ3) is 5.32. The van der Waals surface area contributed by atoms with Gasteiger partial charge in [0.25, 0.3) is 5.89 Å². The number of esters is 1. The van der Waals surface area contributed by atoms with Gasteiger partial charge in [-0.05, 0) is 123 Å². The highest BCUT2D eigenvalue weighted by Gasteiger charge is 2.70. The molecule has 2 aromatic rings. The molecule has 51 heavy (non-hydrogen) atoms. The molecule has 4 fully saturated rings. The summed E-state index contributed by atoms with van der Waals surface area (Å²) in [5.74, 6) is 1.73. The van der Waals surface area contributed by atoms with E-state index in [0.29, 0.717) is 53.9 Å². The highest BCUT2D eigenvalue weighted by molar-refractivity contribution is 6.00. The quantitative estimate of drug-likeness (QED) is 0.267. The summed E-state index contributed by atoms with van der Waals surface area (Å²) < 4.78 is 17.9. The number of carboxylic acid groups (broad SMARTS) is 1. The minimum absolute atomic E-state index is 0.0253. The third-order valence-corrected chi connectivity index (χ3v) is 15.6. The lowest BCUT2D eigenvalue weighted by atomic mass is 9.33. The first-order chi connectivity index (χ1) is 23.8. The Morgan fingerprint density at radius 3 is 2.39 bits per heavy atom. The summed E-state index contributed by atoms with van der Waals surface area (Å²) >= 11 is 0. The fourth-order valence-corrected chi connectivity index (χ4v) is 12.9. The van der Waals surface area contributed by atoms with Crippen molar-refractivity contribution in [3.05, 3.63) is 35.4 Å². The maximum atomic E-state index is 14.0. The van der Waals surface area contributed by atoms with Gasteiger partial charge in [-0.25, -0.2) is 0 Å². The van der Waals surface area contributed by atoms with E-state index in [2.05, 4.69) is 58.7 Å². The van der Waals surface area contributed by atoms with Gasteiger partial charge in [0.1, 0.15) is 6.10 Å². The maximum Gasteiger partial charge on any atom is 0.309 e. The van der Waals surface area contributed by atoms with E-state index in [-0.39, 0.29) is 45.5 Å². The van der Waals surface area contributed by atoms with Crippen LogP contribution < -0.4 is 0 Å². The van der Waals surface area contributed by atoms with Gasteiger partial charge >= 0.3 is 11.9 Å². The molecule has 0 spiro atoms. The Bertz CT molecular complexity index is 1750. The number of nitrogens with zero attached hydrogens (tertiary/aromatic N) is 2. The zero-order valence-electron chi connectivity index (χ0n) is 32.2. The highest BCUT2D eigenvalue weighted by Crippen LogP contribution is 2.77. The maximum absolute atomic E-state index is 14.0. The summed E-state index contributed by atoms with van der Waals surface area (Å²) in [7, 11) is 0. The molecular formula is C42H58N2O7. The number of aromatic nitrogens is 2. The van der Waals surface area contributed by atoms with E-state index in [1.54, 1.807) is 20.1 Å². The van der Waals surface area contributed by atoms with Crippen LogP contribution >= 0.6 is 0 Å². The molecule has 1 N–H and O–H groups in total. The van der Waals surface area contributed by atoms with Gasteiger partial charge in [-0.1, -0.05) is 54.0 Å². The predicted molar refractivity (Wildman–Crippen MR) is 191 cm³/mol. The number of rotatable bonds is 8. The van der Waals surface area contributed by atoms with Crippen molar-refractivity contribution in [2.75, 3.05) is 0 Å². The van der Waals surface area contributed by atoms with Crippen molar-refractivity contribution in [1.29, 1.82) is 0 Å². The standard InChI is InChI=1S/C42H58N2O7/c1-24(2)33-26(45)21-42(22-31-43-44-35(51-31)27-11-10-20-49-27)19-18-40(8)25(34(33)42)12-13-29-39(7)16-15-30(50-32(46)23-37(3,4)36(47)48)38(5,6)28(39)14-17-41(29,40)9/h10-11,20,24-25,28-30H,12-19,21-23H2,1-9H3,(H,47,48)/t25-,28+,29-,30+,39+,40-,41-,42+/m1/s1. The molecule has 9 heteroatoms. The first-order valence-corrected chi connectivity index (χ1v) is 19.4. The van der Waals surface area contributed by atoms with Crippen LogP contribution in [0.4, 0.5) is 0 Å². The smallest absolute Gasteiger partial charge is 0.309 e. The molecule has 9 nitrogen and oxygen atoms in total. The third-order valence-electron chi connectivity index (χ3n) is 15.6. The molecule has 4 saturated carbocycles. The predicted octanol–water partition coefficient (Wildman–Crippen LogP) is 9.27. The van der Waals surface area contributed by atoms with Gasteiger partial charge in [0.2, 0.25) is 5.89 Å². The second kappa shape index (κ2) is 11.9. The molecule has 8 atom stereocenters. The second-order valence-electron chi connectivity index (χ2n) is 19.3. The molecule has 0 amide bonds. The van der Waals surface area contributed by atoms with Crippen LogP contribution in [0.15, 0.2) is 38.4 Å². The fourth-order valence-electron chi connectivity index (χ4n) is 12.9. The Labute approximate surface area is 302 Å². The topological polar surface area (TPSA) is 133 Å². The van der Waals surface area contributed by atoms with E-state index in [9.17, 15) is 19.5 Å². The minimum Gasteiger partial charge on any atom is -0.481 e. The van der Waals surface area contributed by atoms with E-state index in [4.69, 9.17) is 13.6 Å². The number of carbonyl (C=O) groups is 3. The van der Waals surface area contributed by atoms with Crippen molar-refractivity contribution in [1.82, 2.24) is 10.2 Å². The van der Waals surface area contributed by atoms with Crippen LogP contribution in [-0.4, -0.2) is 39.1 Å². The monoisotopic (exact) mass is 702 g/mol. The number of fused-ring (bicyclic) bond motifs is 7. The van der Waals surface area contributed by atoms with Gasteiger partial charge in [-0.2, -0.15) is 0 Å². The van der Waals surface area contributed by atoms with Crippen molar-refractivity contribution in [3.63, 3.8) is 0 Å². The van der Waals surface area contributed by atoms with Gasteiger partial charge < -0.3 is 18.7 Å². The van der Waals surface area contributed by atoms with Crippen molar-refractivity contribution < 1.29 is 33.1 Å². The Hall–Kier alpha value is -3.23. The number of ether oxygens (including phenoxy) is 1. The van der Waals surface area contributed by atoms with Gasteiger partial charge in [0.05, 0.1) is 18.1 Å². The Kier molecular flexibility index (Phi) is 8.43. The van der Waals surface area contributed by atoms with E-state index in [0.717, 1.165) is 56.9 Å². The zero-order valence-corrected chi connectivity index (χ0v) is 32.2. The number of hydrogen-bond donors (Lipinski definition) is 1. The van der Waals surface area contributed by atoms with Crippen LogP contribution in [0.25, 0.3) is 11.7 Å². The van der Waals surface area contributed by atoms with E-state index < -0.39 is 17.4 Å². The van der Waals surface area contributed by atoms with Crippen molar-refractivity contribution in [2.24, 2.45) is 56.2 Å². The Morgan fingerprint density at radius 1 is 0.980 bits per heavy atom. The van der Waals surface area contributed by atoms with Gasteiger partial charge in [0.15, 0.2) is 11.5 Å². The van der Waals surface area contributed by atoms with Crippen LogP contribution in [0.5, 0.6) is 0 Å². The molecule has 5 aliphatic carbocycles. The summed E-state index contributed by atoms with van der Waals surface area (Å²) in [6.45, 7) is 19.7. The number of carbonyl (C=O) groups excluding carboxylic acids is 2. The highest BCUT2D eigenvalue weighted by atomic mass is 16.5. The average molecular weight is 703 g/mol. The van der Waals surface area contributed by atoms with Crippen molar-refractivity contribution in [3.8, 4) is 11.7 Å². The molecule has 278 valence electrons. The number of furan rings is 1. The Morgan fingerprint density at radius 2 is 1.73 bits per heavy atom. The molecular weight excluding hydrogens is 644 g/mol. The molecule has 5 aliphatic rings. The number of Topliss-reactive ketones (excluding diaryl/α,β-unsaturated/α-hetero) is 1. The zero-order chi connectivity index (χ0) is 36.9. The normalized spacial score (nSPS) is 37.4. The van der Waals surface area contributed by atoms with Crippen molar-refractivity contribution in [2.45, 2.75) is 139 Å². The number of ketones is 1. The van der Waals surface area contributed by atoms with Gasteiger partial charge in [-0.15, -0.1) is 10.2 Å². The van der Waals surface area contributed by atoms with E-state index in [1.165, 1.54) is 5.57 Å². The number of carboxylic acids is 1. The summed E-state index contributed by atoms with van der Waals surface area (Å²) in [6, 6.07) is 3.63. The molecule has 0 bridgehead atoms. The molecule has 0 unspecified atom stereocenters. The van der Waals surface area contributed by atoms with E-state index >= 15 is 0 Å². The van der Waals surface area contributed by atoms with Gasteiger partial charge in [-0.3, -0.25) is 14.4 Å². The first-order valence-electron chi connectivity index (χ1n) is 19.4. The molecule has 0 saturated heterocycles. The average Bonchev–Trinajstić information content (AvgIpc) is 3.78. The van der Waals surface area contributed by atoms with Crippen LogP contribution in [0.1, 0.15) is 132 Å². The van der Waals surface area contributed by atoms with Crippen LogP contribution in [-0.2, 0) is 25.5 Å². The number of aliphatic carboxylic acids is 1. The lowest BCUT2D eigenvalue weighted by Crippen LogP contribution is -2.65. The van der Waals surface area contributed by atoms with E-state index in [1.807, 2.05) is 12.1 Å². The largest absolute Gasteiger partial charge is 0.481 e. The molecule has 7 rings (SSSR count). The number of allylic oxidation sites excluding steroid dienone is 2. The SMILES string of the molecule is CC(C)C1=C2[C@H]3CC[C@@H]4[C@@]5(C)CC[C@H](OC(=O)CC(C)(C)C(=O)O)C(C)(C)[C@@H]5CC[C@@]4(C)[C@]3(C)CC[C@@]2(Cc2nnc(-c3ccco3)o2)CC1=O. The molecule has 0 radical (unpaired) electrons. The molecule has 2 aromatic heterocycles. The summed E-state index contributed by atoms with van der Waals surface area (Å²) in [5.41, 5.74) is 0.918. The first kappa shape index (κ1) is 36.1. The molecule has 2 heterocycles.